The Morgan fingerprint density at radius 1 is 0.826 bits per heavy atom. The summed E-state index contributed by atoms with van der Waals surface area (Å²) in [5, 5.41) is 9.70. The number of aliphatic hydroxyl groups excluding tert-OH is 1. The van der Waals surface area contributed by atoms with Crippen molar-refractivity contribution in [2.45, 2.75) is 89.6 Å². The third-order valence-corrected chi connectivity index (χ3v) is 5.54. The van der Waals surface area contributed by atoms with Crippen LogP contribution in [-0.2, 0) is 0 Å². The van der Waals surface area contributed by atoms with Crippen molar-refractivity contribution in [3.63, 3.8) is 0 Å². The number of amides is 1. The highest BCUT2D eigenvalue weighted by Crippen LogP contribution is 2.14. The average Bonchev–Trinajstić information content (AvgIpc) is 2.52. The summed E-state index contributed by atoms with van der Waals surface area (Å²) in [5.74, 6) is 2.14. The number of hydrogen-bond acceptors (Lipinski definition) is 4. The number of aliphatic hydroxyl groups is 1. The van der Waals surface area contributed by atoms with Gasteiger partial charge >= 0.3 is 0 Å². The Kier molecular flexibility index (Phi) is 18.6. The molecule has 0 heterocycles. The van der Waals surface area contributed by atoms with Crippen LogP contribution < -0.4 is 5.73 Å². The molecule has 0 saturated heterocycles. The van der Waals surface area contributed by atoms with Crippen LogP contribution in [0, 0.1) is 0 Å². The number of thioether (sulfide) groups is 2. The number of carbonyl (C=O) groups excluding carboxylic acids is 1. The fourth-order valence-corrected chi connectivity index (χ4v) is 3.71. The molecular weight excluding hydrogens is 326 g/mol. The van der Waals surface area contributed by atoms with Crippen LogP contribution in [0.3, 0.4) is 0 Å². The summed E-state index contributed by atoms with van der Waals surface area (Å²) in [6, 6.07) is 0. The number of nitrogens with two attached hydrogens (primary N) is 1. The minimum Gasteiger partial charge on any atom is -0.393 e. The normalized spacial score (nSPS) is 12.4. The predicted octanol–water partition coefficient (Wildman–Crippen LogP) is 5.59. The van der Waals surface area contributed by atoms with E-state index >= 15 is 0 Å². The van der Waals surface area contributed by atoms with Gasteiger partial charge in [0.15, 0.2) is 0 Å². The first-order chi connectivity index (χ1) is 11.2. The molecule has 0 rings (SSSR count). The standard InChI is InChI=1S/C18H37NO2S2/c1-22-15-11-7-4-6-10-14-17(20)13-9-5-2-3-8-12-16-23-18(19)21/h17,20H,2-16H2,1H3,(H2,19,21)/t17-/m0/s1. The van der Waals surface area contributed by atoms with Crippen molar-refractivity contribution in [1.82, 2.24) is 0 Å². The van der Waals surface area contributed by atoms with Crippen molar-refractivity contribution in [1.29, 1.82) is 0 Å². The number of hydrogen-bond donors (Lipinski definition) is 2. The molecule has 1 atom stereocenters. The molecule has 0 unspecified atom stereocenters. The maximum absolute atomic E-state index is 10.6. The Hall–Kier alpha value is 0.130. The molecule has 0 aromatic rings. The Morgan fingerprint density at radius 3 is 1.74 bits per heavy atom. The number of rotatable bonds is 17. The van der Waals surface area contributed by atoms with E-state index in [2.05, 4.69) is 6.26 Å². The van der Waals surface area contributed by atoms with Gasteiger partial charge in [-0.05, 0) is 37.7 Å². The summed E-state index contributed by atoms with van der Waals surface area (Å²) in [6.07, 6.45) is 17.6. The molecule has 1 amide bonds. The van der Waals surface area contributed by atoms with Gasteiger partial charge < -0.3 is 10.8 Å². The van der Waals surface area contributed by atoms with E-state index in [-0.39, 0.29) is 11.3 Å². The third-order valence-electron chi connectivity index (χ3n) is 4.06. The lowest BCUT2D eigenvalue weighted by molar-refractivity contribution is 0.147. The van der Waals surface area contributed by atoms with Crippen LogP contribution in [0.5, 0.6) is 0 Å². The van der Waals surface area contributed by atoms with E-state index in [4.69, 9.17) is 5.73 Å². The van der Waals surface area contributed by atoms with Gasteiger partial charge in [0.2, 0.25) is 0 Å². The van der Waals surface area contributed by atoms with E-state index in [1.54, 1.807) is 0 Å². The van der Waals surface area contributed by atoms with E-state index in [1.807, 2.05) is 11.8 Å². The van der Waals surface area contributed by atoms with Crippen molar-refractivity contribution in [3.05, 3.63) is 0 Å². The summed E-state index contributed by atoms with van der Waals surface area (Å²) < 4.78 is 0. The van der Waals surface area contributed by atoms with Gasteiger partial charge in [-0.1, -0.05) is 69.5 Å². The first-order valence-corrected chi connectivity index (χ1v) is 11.6. The molecule has 5 heteroatoms. The van der Waals surface area contributed by atoms with Gasteiger partial charge in [-0.25, -0.2) is 0 Å². The highest BCUT2D eigenvalue weighted by atomic mass is 32.2. The fraction of sp³-hybridized carbons (Fsp3) is 0.944. The molecule has 3 nitrogen and oxygen atoms in total. The number of unbranched alkanes of at least 4 members (excludes halogenated alkanes) is 9. The second-order valence-corrected chi connectivity index (χ2v) is 8.37. The molecule has 138 valence electrons. The van der Waals surface area contributed by atoms with E-state index in [1.165, 1.54) is 75.3 Å². The zero-order chi connectivity index (χ0) is 17.2. The summed E-state index contributed by atoms with van der Waals surface area (Å²) in [4.78, 5) is 10.6. The van der Waals surface area contributed by atoms with Gasteiger partial charge in [-0.15, -0.1) is 0 Å². The minimum absolute atomic E-state index is 0.0897. The van der Waals surface area contributed by atoms with Crippen LogP contribution in [-0.4, -0.2) is 34.2 Å². The van der Waals surface area contributed by atoms with Gasteiger partial charge in [0.1, 0.15) is 0 Å². The van der Waals surface area contributed by atoms with Crippen molar-refractivity contribution < 1.29 is 9.90 Å². The molecule has 0 spiro atoms. The van der Waals surface area contributed by atoms with Gasteiger partial charge in [0.05, 0.1) is 6.10 Å². The van der Waals surface area contributed by atoms with E-state index in [0.29, 0.717) is 0 Å². The van der Waals surface area contributed by atoms with Crippen LogP contribution >= 0.6 is 23.5 Å². The predicted molar refractivity (Wildman–Crippen MR) is 106 cm³/mol. The summed E-state index contributed by atoms with van der Waals surface area (Å²) >= 11 is 3.15. The second-order valence-electron chi connectivity index (χ2n) is 6.28. The summed E-state index contributed by atoms with van der Waals surface area (Å²) in [6.45, 7) is 0. The zero-order valence-electron chi connectivity index (χ0n) is 14.9. The Balaban J connectivity index is 3.15. The largest absolute Gasteiger partial charge is 0.393 e. The van der Waals surface area contributed by atoms with Gasteiger partial charge in [-0.3, -0.25) is 4.79 Å². The van der Waals surface area contributed by atoms with E-state index in [9.17, 15) is 9.90 Å². The van der Waals surface area contributed by atoms with Gasteiger partial charge in [-0.2, -0.15) is 11.8 Å². The summed E-state index contributed by atoms with van der Waals surface area (Å²) in [7, 11) is 0. The smallest absolute Gasteiger partial charge is 0.276 e. The molecule has 0 aromatic carbocycles. The van der Waals surface area contributed by atoms with Crippen LogP contribution in [0.15, 0.2) is 0 Å². The first-order valence-electron chi connectivity index (χ1n) is 9.26. The van der Waals surface area contributed by atoms with Gasteiger partial charge in [0.25, 0.3) is 5.24 Å². The topological polar surface area (TPSA) is 63.3 Å². The maximum atomic E-state index is 10.6. The zero-order valence-corrected chi connectivity index (χ0v) is 16.6. The highest BCUT2D eigenvalue weighted by Gasteiger charge is 2.03. The molecule has 0 aliphatic carbocycles. The lowest BCUT2D eigenvalue weighted by Gasteiger charge is -2.10. The molecule has 0 aliphatic rings. The van der Waals surface area contributed by atoms with Crippen LogP contribution in [0.1, 0.15) is 83.5 Å². The molecule has 0 fully saturated rings. The first kappa shape index (κ1) is 23.1. The second kappa shape index (κ2) is 18.5. The highest BCUT2D eigenvalue weighted by molar-refractivity contribution is 8.13. The quantitative estimate of drug-likeness (QED) is 0.330. The monoisotopic (exact) mass is 363 g/mol. The fourth-order valence-electron chi connectivity index (χ4n) is 2.66. The lowest BCUT2D eigenvalue weighted by atomic mass is 10.0. The Morgan fingerprint density at radius 2 is 1.26 bits per heavy atom. The van der Waals surface area contributed by atoms with Crippen molar-refractivity contribution in [2.24, 2.45) is 5.73 Å². The van der Waals surface area contributed by atoms with Crippen molar-refractivity contribution >= 4 is 28.8 Å². The SMILES string of the molecule is CSCCCCCCC[C@@H](O)CCCCCCCCSC(N)=O. The average molecular weight is 364 g/mol. The number of carbonyl (C=O) groups is 1. The molecular formula is C18H37NO2S2. The van der Waals surface area contributed by atoms with Gasteiger partial charge in [0, 0.05) is 5.75 Å². The van der Waals surface area contributed by atoms with E-state index < -0.39 is 0 Å². The van der Waals surface area contributed by atoms with Crippen LogP contribution in [0.4, 0.5) is 4.79 Å². The Bertz CT molecular complexity index is 265. The Labute approximate surface area is 151 Å². The van der Waals surface area contributed by atoms with Crippen LogP contribution in [0.2, 0.25) is 0 Å². The lowest BCUT2D eigenvalue weighted by Crippen LogP contribution is -2.06. The molecule has 0 aromatic heterocycles. The molecule has 0 aliphatic heterocycles. The number of primary amides is 1. The van der Waals surface area contributed by atoms with Crippen molar-refractivity contribution in [2.75, 3.05) is 17.8 Å². The van der Waals surface area contributed by atoms with Crippen molar-refractivity contribution in [3.8, 4) is 0 Å². The van der Waals surface area contributed by atoms with E-state index in [0.717, 1.165) is 31.4 Å². The third kappa shape index (κ3) is 20.1. The summed E-state index contributed by atoms with van der Waals surface area (Å²) in [5.41, 5.74) is 5.07. The minimum atomic E-state index is -0.265. The molecule has 3 N–H and O–H groups in total. The molecule has 0 saturated carbocycles. The molecule has 23 heavy (non-hydrogen) atoms. The molecule has 0 bridgehead atoms. The van der Waals surface area contributed by atoms with Crippen LogP contribution in [0.25, 0.3) is 0 Å². The molecule has 0 radical (unpaired) electrons. The maximum Gasteiger partial charge on any atom is 0.276 e.